The Hall–Kier alpha value is -0.730. The standard InChI is InChI=1S/C16H22ClNO/c17-13-6-7-16(19-14-8-9-18-11-14)15(10-13)12-4-2-1-3-5-12/h6-7,10,12,14,18H,1-5,8-9,11H2. The Morgan fingerprint density at radius 2 is 1.95 bits per heavy atom. The van der Waals surface area contributed by atoms with Crippen LogP contribution in [-0.2, 0) is 0 Å². The van der Waals surface area contributed by atoms with Gasteiger partial charge >= 0.3 is 0 Å². The Labute approximate surface area is 120 Å². The van der Waals surface area contributed by atoms with Gasteiger partial charge in [-0.2, -0.15) is 0 Å². The predicted octanol–water partition coefficient (Wildman–Crippen LogP) is 4.13. The van der Waals surface area contributed by atoms with Gasteiger partial charge in [0.1, 0.15) is 11.9 Å². The van der Waals surface area contributed by atoms with Crippen LogP contribution in [0.4, 0.5) is 0 Å². The van der Waals surface area contributed by atoms with Crippen molar-refractivity contribution in [2.75, 3.05) is 13.1 Å². The first-order valence-electron chi connectivity index (χ1n) is 7.50. The summed E-state index contributed by atoms with van der Waals surface area (Å²) < 4.78 is 6.19. The van der Waals surface area contributed by atoms with E-state index < -0.39 is 0 Å². The molecule has 2 aliphatic rings. The van der Waals surface area contributed by atoms with Gasteiger partial charge in [0, 0.05) is 11.6 Å². The fourth-order valence-electron chi connectivity index (χ4n) is 3.27. The Bertz CT molecular complexity index is 423. The molecule has 1 saturated heterocycles. The zero-order valence-corrected chi connectivity index (χ0v) is 12.1. The fourth-order valence-corrected chi connectivity index (χ4v) is 3.45. The molecule has 1 unspecified atom stereocenters. The minimum absolute atomic E-state index is 0.323. The van der Waals surface area contributed by atoms with Gasteiger partial charge in [-0.1, -0.05) is 30.9 Å². The molecule has 0 radical (unpaired) electrons. The van der Waals surface area contributed by atoms with Crippen molar-refractivity contribution in [2.24, 2.45) is 0 Å². The summed E-state index contributed by atoms with van der Waals surface area (Å²) in [6, 6.07) is 6.13. The molecular weight excluding hydrogens is 258 g/mol. The van der Waals surface area contributed by atoms with E-state index in [0.29, 0.717) is 12.0 Å². The van der Waals surface area contributed by atoms with Gasteiger partial charge in [0.15, 0.2) is 0 Å². The van der Waals surface area contributed by atoms with Crippen LogP contribution >= 0.6 is 11.6 Å². The zero-order valence-electron chi connectivity index (χ0n) is 11.3. The van der Waals surface area contributed by atoms with E-state index in [0.717, 1.165) is 30.3 Å². The van der Waals surface area contributed by atoms with Crippen LogP contribution < -0.4 is 10.1 Å². The van der Waals surface area contributed by atoms with Gasteiger partial charge in [-0.05, 0) is 55.5 Å². The van der Waals surface area contributed by atoms with Crippen LogP contribution in [0.3, 0.4) is 0 Å². The first-order valence-corrected chi connectivity index (χ1v) is 7.87. The third-order valence-electron chi connectivity index (χ3n) is 4.33. The lowest BCUT2D eigenvalue weighted by molar-refractivity contribution is 0.218. The summed E-state index contributed by atoms with van der Waals surface area (Å²) in [4.78, 5) is 0. The van der Waals surface area contributed by atoms with Crippen molar-refractivity contribution < 1.29 is 4.74 Å². The maximum atomic E-state index is 6.19. The molecule has 1 heterocycles. The summed E-state index contributed by atoms with van der Waals surface area (Å²) in [5.41, 5.74) is 1.33. The monoisotopic (exact) mass is 279 g/mol. The highest BCUT2D eigenvalue weighted by Crippen LogP contribution is 2.39. The van der Waals surface area contributed by atoms with Crippen molar-refractivity contribution in [3.05, 3.63) is 28.8 Å². The number of benzene rings is 1. The molecule has 3 rings (SSSR count). The number of nitrogens with one attached hydrogen (secondary N) is 1. The van der Waals surface area contributed by atoms with Crippen LogP contribution in [0.2, 0.25) is 5.02 Å². The van der Waals surface area contributed by atoms with Crippen molar-refractivity contribution in [3.8, 4) is 5.75 Å². The quantitative estimate of drug-likeness (QED) is 0.898. The van der Waals surface area contributed by atoms with Crippen LogP contribution in [0, 0.1) is 0 Å². The molecule has 2 nitrogen and oxygen atoms in total. The van der Waals surface area contributed by atoms with Gasteiger partial charge in [0.05, 0.1) is 0 Å². The average molecular weight is 280 g/mol. The molecule has 2 fully saturated rings. The molecule has 1 aliphatic heterocycles. The summed E-state index contributed by atoms with van der Waals surface area (Å²) in [6.45, 7) is 2.03. The van der Waals surface area contributed by atoms with Crippen LogP contribution in [0.5, 0.6) is 5.75 Å². The molecular formula is C16H22ClNO. The lowest BCUT2D eigenvalue weighted by Crippen LogP contribution is -2.20. The maximum absolute atomic E-state index is 6.19. The second kappa shape index (κ2) is 6.15. The lowest BCUT2D eigenvalue weighted by Gasteiger charge is -2.25. The summed E-state index contributed by atoms with van der Waals surface area (Å²) in [5, 5.41) is 4.18. The van der Waals surface area contributed by atoms with Crippen molar-refractivity contribution in [2.45, 2.75) is 50.5 Å². The molecule has 104 valence electrons. The first kappa shape index (κ1) is 13.3. The average Bonchev–Trinajstić information content (AvgIpc) is 2.95. The molecule has 0 amide bonds. The molecule has 0 spiro atoms. The molecule has 1 N–H and O–H groups in total. The predicted molar refractivity (Wildman–Crippen MR) is 79.2 cm³/mol. The van der Waals surface area contributed by atoms with E-state index >= 15 is 0 Å². The number of hydrogen-bond acceptors (Lipinski definition) is 2. The SMILES string of the molecule is Clc1ccc(OC2CCNC2)c(C2CCCCC2)c1. The lowest BCUT2D eigenvalue weighted by atomic mass is 9.83. The largest absolute Gasteiger partial charge is 0.489 e. The van der Waals surface area contributed by atoms with Gasteiger partial charge < -0.3 is 10.1 Å². The Kier molecular flexibility index (Phi) is 4.29. The van der Waals surface area contributed by atoms with Gasteiger partial charge in [-0.3, -0.25) is 0 Å². The molecule has 0 aromatic heterocycles. The van der Waals surface area contributed by atoms with Crippen LogP contribution in [-0.4, -0.2) is 19.2 Å². The summed E-state index contributed by atoms with van der Waals surface area (Å²) in [6.07, 6.45) is 8.03. The molecule has 1 aromatic rings. The topological polar surface area (TPSA) is 21.3 Å². The maximum Gasteiger partial charge on any atom is 0.123 e. The normalized spacial score (nSPS) is 24.6. The number of rotatable bonds is 3. The zero-order chi connectivity index (χ0) is 13.1. The highest BCUT2D eigenvalue weighted by atomic mass is 35.5. The van der Waals surface area contributed by atoms with Crippen molar-refractivity contribution in [1.82, 2.24) is 5.32 Å². The minimum Gasteiger partial charge on any atom is -0.489 e. The Balaban J connectivity index is 1.80. The van der Waals surface area contributed by atoms with Gasteiger partial charge in [0.25, 0.3) is 0 Å². The summed E-state index contributed by atoms with van der Waals surface area (Å²) in [7, 11) is 0. The molecule has 0 bridgehead atoms. The van der Waals surface area contributed by atoms with E-state index in [1.807, 2.05) is 6.07 Å². The Morgan fingerprint density at radius 3 is 2.68 bits per heavy atom. The highest BCUT2D eigenvalue weighted by molar-refractivity contribution is 6.30. The second-order valence-electron chi connectivity index (χ2n) is 5.75. The highest BCUT2D eigenvalue weighted by Gasteiger charge is 2.22. The van der Waals surface area contributed by atoms with E-state index in [1.54, 1.807) is 0 Å². The van der Waals surface area contributed by atoms with Gasteiger partial charge in [-0.15, -0.1) is 0 Å². The molecule has 1 saturated carbocycles. The fraction of sp³-hybridized carbons (Fsp3) is 0.625. The van der Waals surface area contributed by atoms with Crippen molar-refractivity contribution >= 4 is 11.6 Å². The summed E-state index contributed by atoms with van der Waals surface area (Å²) in [5.74, 6) is 1.70. The molecule has 3 heteroatoms. The van der Waals surface area contributed by atoms with Crippen LogP contribution in [0.1, 0.15) is 50.0 Å². The molecule has 1 aliphatic carbocycles. The van der Waals surface area contributed by atoms with Gasteiger partial charge in [0.2, 0.25) is 0 Å². The van der Waals surface area contributed by atoms with Gasteiger partial charge in [-0.25, -0.2) is 0 Å². The molecule has 1 aromatic carbocycles. The Morgan fingerprint density at radius 1 is 1.11 bits per heavy atom. The number of ether oxygens (including phenoxy) is 1. The van der Waals surface area contributed by atoms with E-state index in [2.05, 4.69) is 17.4 Å². The molecule has 1 atom stereocenters. The third-order valence-corrected chi connectivity index (χ3v) is 4.56. The number of halogens is 1. The minimum atomic E-state index is 0.323. The third kappa shape index (κ3) is 3.24. The number of hydrogen-bond donors (Lipinski definition) is 1. The summed E-state index contributed by atoms with van der Waals surface area (Å²) >= 11 is 6.18. The smallest absolute Gasteiger partial charge is 0.123 e. The van der Waals surface area contributed by atoms with E-state index in [1.165, 1.54) is 37.7 Å². The van der Waals surface area contributed by atoms with Crippen LogP contribution in [0.15, 0.2) is 18.2 Å². The second-order valence-corrected chi connectivity index (χ2v) is 6.19. The van der Waals surface area contributed by atoms with Crippen molar-refractivity contribution in [3.63, 3.8) is 0 Å². The van der Waals surface area contributed by atoms with E-state index in [-0.39, 0.29) is 0 Å². The molecule has 19 heavy (non-hydrogen) atoms. The van der Waals surface area contributed by atoms with E-state index in [9.17, 15) is 0 Å². The van der Waals surface area contributed by atoms with Crippen LogP contribution in [0.25, 0.3) is 0 Å². The first-order chi connectivity index (χ1) is 9.33. The van der Waals surface area contributed by atoms with Crippen molar-refractivity contribution in [1.29, 1.82) is 0 Å². The van der Waals surface area contributed by atoms with E-state index in [4.69, 9.17) is 16.3 Å².